The van der Waals surface area contributed by atoms with Gasteiger partial charge in [-0.25, -0.2) is 0 Å². The third kappa shape index (κ3) is 16.7. The molecule has 24 heavy (non-hydrogen) atoms. The Morgan fingerprint density at radius 1 is 0.875 bits per heavy atom. The van der Waals surface area contributed by atoms with Gasteiger partial charge in [0.1, 0.15) is 0 Å². The number of piperazine rings is 1. The van der Waals surface area contributed by atoms with Crippen molar-refractivity contribution in [3.8, 4) is 0 Å². The normalized spacial score (nSPS) is 18.8. The van der Waals surface area contributed by atoms with Crippen LogP contribution in [0.25, 0.3) is 0 Å². The lowest BCUT2D eigenvalue weighted by atomic mass is 9.98. The molecule has 1 saturated heterocycles. The predicted molar refractivity (Wildman–Crippen MR) is 110 cm³/mol. The molecule has 2 fully saturated rings. The van der Waals surface area contributed by atoms with Crippen LogP contribution in [-0.4, -0.2) is 49.8 Å². The lowest BCUT2D eigenvalue weighted by Crippen LogP contribution is -2.44. The van der Waals surface area contributed by atoms with E-state index in [4.69, 9.17) is 4.74 Å². The standard InChI is InChI=1S/C9H18O.C8H18N2.2C2H6/c1-8(2)10-9-6-4-3-5-7-9;1-8(2)7-10-5-3-9-4-6-10;2*1-2/h2*8-9H,3-7H2,1-2H3;2*1-2H3. The summed E-state index contributed by atoms with van der Waals surface area (Å²) in [4.78, 5) is 2.53. The Kier molecular flexibility index (Phi) is 20.9. The fourth-order valence-corrected chi connectivity index (χ4v) is 3.00. The number of hydrogen-bond donors (Lipinski definition) is 1. The number of nitrogens with one attached hydrogen (secondary N) is 1. The van der Waals surface area contributed by atoms with Gasteiger partial charge in [-0.2, -0.15) is 0 Å². The summed E-state index contributed by atoms with van der Waals surface area (Å²) in [5, 5.41) is 3.35. The van der Waals surface area contributed by atoms with Crippen molar-refractivity contribution in [1.29, 1.82) is 0 Å². The molecule has 1 saturated carbocycles. The van der Waals surface area contributed by atoms with Gasteiger partial charge in [-0.15, -0.1) is 0 Å². The molecule has 1 N–H and O–H groups in total. The van der Waals surface area contributed by atoms with Crippen LogP contribution in [0.1, 0.15) is 87.5 Å². The number of ether oxygens (including phenoxy) is 1. The van der Waals surface area contributed by atoms with E-state index in [0.717, 1.165) is 5.92 Å². The Balaban J connectivity index is 0. The lowest BCUT2D eigenvalue weighted by molar-refractivity contribution is -0.0117. The highest BCUT2D eigenvalue weighted by atomic mass is 16.5. The van der Waals surface area contributed by atoms with E-state index in [0.29, 0.717) is 12.2 Å². The molecule has 1 aliphatic carbocycles. The van der Waals surface area contributed by atoms with Gasteiger partial charge >= 0.3 is 0 Å². The van der Waals surface area contributed by atoms with E-state index < -0.39 is 0 Å². The number of hydrogen-bond acceptors (Lipinski definition) is 3. The zero-order valence-electron chi connectivity index (χ0n) is 18.2. The largest absolute Gasteiger partial charge is 0.376 e. The van der Waals surface area contributed by atoms with Gasteiger partial charge in [0.25, 0.3) is 0 Å². The van der Waals surface area contributed by atoms with Gasteiger partial charge in [-0.3, -0.25) is 0 Å². The molecule has 0 aromatic heterocycles. The van der Waals surface area contributed by atoms with Crippen LogP contribution in [0, 0.1) is 5.92 Å². The quantitative estimate of drug-likeness (QED) is 0.744. The summed E-state index contributed by atoms with van der Waals surface area (Å²) in [6, 6.07) is 0. The highest BCUT2D eigenvalue weighted by Crippen LogP contribution is 2.21. The first-order chi connectivity index (χ1) is 11.6. The van der Waals surface area contributed by atoms with Crippen LogP contribution in [0.2, 0.25) is 0 Å². The average Bonchev–Trinajstić information content (AvgIpc) is 2.60. The average molecular weight is 345 g/mol. The van der Waals surface area contributed by atoms with E-state index in [1.165, 1.54) is 64.8 Å². The van der Waals surface area contributed by atoms with Crippen molar-refractivity contribution in [1.82, 2.24) is 10.2 Å². The van der Waals surface area contributed by atoms with E-state index in [2.05, 4.69) is 37.9 Å². The second kappa shape index (κ2) is 19.2. The maximum absolute atomic E-state index is 5.69. The number of nitrogens with zero attached hydrogens (tertiary/aromatic N) is 1. The molecule has 3 nitrogen and oxygen atoms in total. The maximum atomic E-state index is 5.69. The van der Waals surface area contributed by atoms with Crippen molar-refractivity contribution in [2.24, 2.45) is 5.92 Å². The topological polar surface area (TPSA) is 24.5 Å². The van der Waals surface area contributed by atoms with Crippen molar-refractivity contribution >= 4 is 0 Å². The van der Waals surface area contributed by atoms with Gasteiger partial charge in [0.05, 0.1) is 12.2 Å². The molecule has 0 bridgehead atoms. The third-order valence-electron chi connectivity index (χ3n) is 3.85. The van der Waals surface area contributed by atoms with Crippen LogP contribution >= 0.6 is 0 Å². The lowest BCUT2D eigenvalue weighted by Gasteiger charge is -2.28. The van der Waals surface area contributed by atoms with Gasteiger partial charge in [0.15, 0.2) is 0 Å². The Morgan fingerprint density at radius 3 is 1.79 bits per heavy atom. The first kappa shape index (κ1) is 26.1. The summed E-state index contributed by atoms with van der Waals surface area (Å²) in [5.41, 5.74) is 0. The maximum Gasteiger partial charge on any atom is 0.0578 e. The van der Waals surface area contributed by atoms with Crippen LogP contribution in [0.15, 0.2) is 0 Å². The van der Waals surface area contributed by atoms with Gasteiger partial charge in [-0.05, 0) is 32.6 Å². The van der Waals surface area contributed by atoms with Gasteiger partial charge in [0.2, 0.25) is 0 Å². The van der Waals surface area contributed by atoms with Crippen molar-refractivity contribution in [2.45, 2.75) is 99.7 Å². The van der Waals surface area contributed by atoms with E-state index >= 15 is 0 Å². The van der Waals surface area contributed by atoms with Crippen LogP contribution in [0.5, 0.6) is 0 Å². The molecule has 1 aliphatic heterocycles. The molecular weight excluding hydrogens is 296 g/mol. The summed E-state index contributed by atoms with van der Waals surface area (Å²) in [7, 11) is 0. The monoisotopic (exact) mass is 344 g/mol. The van der Waals surface area contributed by atoms with Crippen molar-refractivity contribution in [3.05, 3.63) is 0 Å². The molecule has 0 spiro atoms. The SMILES string of the molecule is CC.CC.CC(C)CN1CCNCC1.CC(C)OC1CCCCC1. The van der Waals surface area contributed by atoms with Crippen molar-refractivity contribution < 1.29 is 4.74 Å². The van der Waals surface area contributed by atoms with Crippen molar-refractivity contribution in [3.63, 3.8) is 0 Å². The zero-order valence-corrected chi connectivity index (χ0v) is 18.2. The van der Waals surface area contributed by atoms with Crippen molar-refractivity contribution in [2.75, 3.05) is 32.7 Å². The second-order valence-corrected chi connectivity index (χ2v) is 6.89. The minimum absolute atomic E-state index is 0.420. The first-order valence-electron chi connectivity index (χ1n) is 10.7. The third-order valence-corrected chi connectivity index (χ3v) is 3.85. The molecule has 2 rings (SSSR count). The van der Waals surface area contributed by atoms with Crippen LogP contribution in [0.3, 0.4) is 0 Å². The van der Waals surface area contributed by atoms with E-state index in [-0.39, 0.29) is 0 Å². The Morgan fingerprint density at radius 2 is 1.38 bits per heavy atom. The number of rotatable bonds is 4. The Labute approximate surface area is 153 Å². The molecule has 0 unspecified atom stereocenters. The summed E-state index contributed by atoms with van der Waals surface area (Å²) >= 11 is 0. The molecular formula is C21H48N2O. The molecule has 2 aliphatic rings. The summed E-state index contributed by atoms with van der Waals surface area (Å²) in [6.07, 6.45) is 7.74. The highest BCUT2D eigenvalue weighted by Gasteiger charge is 2.14. The molecule has 0 radical (unpaired) electrons. The minimum Gasteiger partial charge on any atom is -0.376 e. The Bertz CT molecular complexity index is 196. The summed E-state index contributed by atoms with van der Waals surface area (Å²) in [5.74, 6) is 0.818. The summed E-state index contributed by atoms with van der Waals surface area (Å²) < 4.78 is 5.69. The fourth-order valence-electron chi connectivity index (χ4n) is 3.00. The van der Waals surface area contributed by atoms with Gasteiger partial charge in [0, 0.05) is 32.7 Å². The summed E-state index contributed by atoms with van der Waals surface area (Å²) in [6.45, 7) is 22.9. The molecule has 3 heteroatoms. The highest BCUT2D eigenvalue weighted by molar-refractivity contribution is 4.68. The van der Waals surface area contributed by atoms with Crippen LogP contribution in [0.4, 0.5) is 0 Å². The minimum atomic E-state index is 0.420. The predicted octanol–water partition coefficient (Wildman–Crippen LogP) is 5.34. The molecule has 148 valence electrons. The molecule has 0 aromatic carbocycles. The van der Waals surface area contributed by atoms with E-state index in [9.17, 15) is 0 Å². The molecule has 0 atom stereocenters. The second-order valence-electron chi connectivity index (χ2n) is 6.89. The van der Waals surface area contributed by atoms with Crippen LogP contribution in [-0.2, 0) is 4.74 Å². The van der Waals surface area contributed by atoms with Crippen LogP contribution < -0.4 is 5.32 Å². The fraction of sp³-hybridized carbons (Fsp3) is 1.00. The Hall–Kier alpha value is -0.120. The van der Waals surface area contributed by atoms with Gasteiger partial charge < -0.3 is 15.0 Å². The molecule has 0 aromatic rings. The van der Waals surface area contributed by atoms with E-state index in [1.54, 1.807) is 0 Å². The molecule has 1 heterocycles. The first-order valence-corrected chi connectivity index (χ1v) is 10.7. The van der Waals surface area contributed by atoms with Gasteiger partial charge in [-0.1, -0.05) is 60.8 Å². The smallest absolute Gasteiger partial charge is 0.0578 e. The zero-order chi connectivity index (χ0) is 18.8. The molecule has 0 amide bonds. The van der Waals surface area contributed by atoms with E-state index in [1.807, 2.05) is 27.7 Å².